The first kappa shape index (κ1) is 17.5. The quantitative estimate of drug-likeness (QED) is 0.758. The Morgan fingerprint density at radius 1 is 0.880 bits per heavy atom. The Labute approximate surface area is 154 Å². The fraction of sp³-hybridized carbons (Fsp3) is 0.739. The van der Waals surface area contributed by atoms with Gasteiger partial charge in [0.15, 0.2) is 0 Å². The smallest absolute Gasteiger partial charge is 0.0283 e. The molecule has 3 fully saturated rings. The van der Waals surface area contributed by atoms with Crippen molar-refractivity contribution >= 4 is 0 Å². The second-order valence-electron chi connectivity index (χ2n) is 9.00. The Bertz CT molecular complexity index is 544. The van der Waals surface area contributed by atoms with E-state index in [1.807, 2.05) is 0 Å². The number of rotatable bonds is 4. The van der Waals surface area contributed by atoms with Crippen molar-refractivity contribution in [3.8, 4) is 0 Å². The SMILES string of the molecule is CC(C)c1ccc(CN2CCN3CCC[C@@H]3[C@H]2C2CCCCC2)cc1. The molecule has 25 heavy (non-hydrogen) atoms. The second-order valence-corrected chi connectivity index (χ2v) is 9.00. The van der Waals surface area contributed by atoms with Crippen molar-refractivity contribution in [3.63, 3.8) is 0 Å². The van der Waals surface area contributed by atoms with Gasteiger partial charge in [0, 0.05) is 31.7 Å². The van der Waals surface area contributed by atoms with Crippen molar-refractivity contribution in [1.82, 2.24) is 9.80 Å². The van der Waals surface area contributed by atoms with Crippen LogP contribution in [0.25, 0.3) is 0 Å². The van der Waals surface area contributed by atoms with E-state index in [9.17, 15) is 0 Å². The topological polar surface area (TPSA) is 6.48 Å². The molecular formula is C23H36N2. The summed E-state index contributed by atoms with van der Waals surface area (Å²) in [6.07, 6.45) is 10.2. The summed E-state index contributed by atoms with van der Waals surface area (Å²) >= 11 is 0. The highest BCUT2D eigenvalue weighted by Crippen LogP contribution is 2.38. The molecule has 1 aliphatic carbocycles. The third-order valence-electron chi connectivity index (χ3n) is 7.07. The number of hydrogen-bond acceptors (Lipinski definition) is 2. The maximum Gasteiger partial charge on any atom is 0.0283 e. The van der Waals surface area contributed by atoms with Crippen LogP contribution >= 0.6 is 0 Å². The Morgan fingerprint density at radius 3 is 2.36 bits per heavy atom. The first-order valence-corrected chi connectivity index (χ1v) is 10.8. The third-order valence-corrected chi connectivity index (χ3v) is 7.07. The normalized spacial score (nSPS) is 29.2. The van der Waals surface area contributed by atoms with Gasteiger partial charge in [0.05, 0.1) is 0 Å². The zero-order valence-corrected chi connectivity index (χ0v) is 16.3. The van der Waals surface area contributed by atoms with E-state index in [2.05, 4.69) is 47.9 Å². The first-order valence-electron chi connectivity index (χ1n) is 10.8. The average Bonchev–Trinajstić information content (AvgIpc) is 3.11. The van der Waals surface area contributed by atoms with Crippen LogP contribution in [-0.4, -0.2) is 41.5 Å². The summed E-state index contributed by atoms with van der Waals surface area (Å²) < 4.78 is 0. The maximum atomic E-state index is 2.87. The van der Waals surface area contributed by atoms with E-state index in [0.29, 0.717) is 5.92 Å². The molecule has 2 nitrogen and oxygen atoms in total. The molecule has 0 spiro atoms. The Kier molecular flexibility index (Phi) is 5.47. The van der Waals surface area contributed by atoms with Gasteiger partial charge in [-0.1, -0.05) is 57.4 Å². The number of fused-ring (bicyclic) bond motifs is 1. The van der Waals surface area contributed by atoms with Crippen molar-refractivity contribution in [1.29, 1.82) is 0 Å². The lowest BCUT2D eigenvalue weighted by atomic mass is 9.78. The van der Waals surface area contributed by atoms with E-state index in [-0.39, 0.29) is 0 Å². The van der Waals surface area contributed by atoms with Gasteiger partial charge in [0.2, 0.25) is 0 Å². The van der Waals surface area contributed by atoms with Gasteiger partial charge in [0.25, 0.3) is 0 Å². The van der Waals surface area contributed by atoms with E-state index < -0.39 is 0 Å². The van der Waals surface area contributed by atoms with Crippen molar-refractivity contribution in [2.75, 3.05) is 19.6 Å². The van der Waals surface area contributed by atoms with Gasteiger partial charge < -0.3 is 0 Å². The van der Waals surface area contributed by atoms with E-state index in [0.717, 1.165) is 24.5 Å². The summed E-state index contributed by atoms with van der Waals surface area (Å²) in [5, 5.41) is 0. The molecule has 2 saturated heterocycles. The number of hydrogen-bond donors (Lipinski definition) is 0. The molecule has 0 radical (unpaired) electrons. The molecule has 0 unspecified atom stereocenters. The van der Waals surface area contributed by atoms with Crippen molar-refractivity contribution in [2.24, 2.45) is 5.92 Å². The van der Waals surface area contributed by atoms with Crippen LogP contribution in [0, 0.1) is 5.92 Å². The minimum absolute atomic E-state index is 0.631. The van der Waals surface area contributed by atoms with Crippen LogP contribution in [0.3, 0.4) is 0 Å². The highest BCUT2D eigenvalue weighted by Gasteiger charge is 2.42. The van der Waals surface area contributed by atoms with Gasteiger partial charge >= 0.3 is 0 Å². The molecule has 0 amide bonds. The Hall–Kier alpha value is -0.860. The van der Waals surface area contributed by atoms with Crippen LogP contribution in [0.2, 0.25) is 0 Å². The molecule has 2 heteroatoms. The van der Waals surface area contributed by atoms with Crippen molar-refractivity contribution in [2.45, 2.75) is 83.3 Å². The zero-order valence-electron chi connectivity index (χ0n) is 16.3. The molecule has 2 heterocycles. The molecule has 0 N–H and O–H groups in total. The highest BCUT2D eigenvalue weighted by atomic mass is 15.3. The highest BCUT2D eigenvalue weighted by molar-refractivity contribution is 5.25. The molecule has 2 aliphatic heterocycles. The molecule has 138 valence electrons. The average molecular weight is 341 g/mol. The molecule has 1 aromatic rings. The minimum Gasteiger partial charge on any atom is -0.298 e. The predicted octanol–water partition coefficient (Wildman–Crippen LogP) is 5.04. The molecule has 1 saturated carbocycles. The van der Waals surface area contributed by atoms with Crippen LogP contribution in [-0.2, 0) is 6.54 Å². The van der Waals surface area contributed by atoms with Gasteiger partial charge in [0.1, 0.15) is 0 Å². The van der Waals surface area contributed by atoms with Crippen LogP contribution in [0.4, 0.5) is 0 Å². The lowest BCUT2D eigenvalue weighted by molar-refractivity contribution is -0.00380. The lowest BCUT2D eigenvalue weighted by Gasteiger charge is -2.49. The second kappa shape index (κ2) is 7.80. The third kappa shape index (κ3) is 3.80. The maximum absolute atomic E-state index is 2.87. The van der Waals surface area contributed by atoms with Crippen LogP contribution < -0.4 is 0 Å². The van der Waals surface area contributed by atoms with Crippen LogP contribution in [0.5, 0.6) is 0 Å². The summed E-state index contributed by atoms with van der Waals surface area (Å²) in [7, 11) is 0. The summed E-state index contributed by atoms with van der Waals surface area (Å²) in [4.78, 5) is 5.69. The van der Waals surface area contributed by atoms with Crippen molar-refractivity contribution < 1.29 is 0 Å². The lowest BCUT2D eigenvalue weighted by Crippen LogP contribution is -2.59. The van der Waals surface area contributed by atoms with Crippen LogP contribution in [0.1, 0.15) is 75.8 Å². The van der Waals surface area contributed by atoms with Crippen molar-refractivity contribution in [3.05, 3.63) is 35.4 Å². The first-order chi connectivity index (χ1) is 12.2. The molecule has 2 atom stereocenters. The number of piperazine rings is 1. The Morgan fingerprint density at radius 2 is 1.64 bits per heavy atom. The number of benzene rings is 1. The van der Waals surface area contributed by atoms with E-state index in [1.165, 1.54) is 75.7 Å². The summed E-state index contributed by atoms with van der Waals surface area (Å²) in [5.74, 6) is 1.57. The summed E-state index contributed by atoms with van der Waals surface area (Å²) in [5.41, 5.74) is 2.98. The van der Waals surface area contributed by atoms with E-state index in [4.69, 9.17) is 0 Å². The standard InChI is InChI=1S/C23H36N2/c1-18(2)20-12-10-19(11-13-20)17-25-16-15-24-14-6-9-22(24)23(25)21-7-4-3-5-8-21/h10-13,18,21-23H,3-9,14-17H2,1-2H3/t22-,23-/m1/s1. The Balaban J connectivity index is 1.51. The summed E-state index contributed by atoms with van der Waals surface area (Å²) in [6.45, 7) is 9.64. The van der Waals surface area contributed by atoms with E-state index in [1.54, 1.807) is 0 Å². The van der Waals surface area contributed by atoms with Gasteiger partial charge in [-0.25, -0.2) is 0 Å². The molecule has 4 rings (SSSR count). The molecule has 3 aliphatic rings. The van der Waals surface area contributed by atoms with Gasteiger partial charge in [-0.3, -0.25) is 9.80 Å². The van der Waals surface area contributed by atoms with Crippen LogP contribution in [0.15, 0.2) is 24.3 Å². The largest absolute Gasteiger partial charge is 0.298 e. The summed E-state index contributed by atoms with van der Waals surface area (Å²) in [6, 6.07) is 11.1. The van der Waals surface area contributed by atoms with E-state index >= 15 is 0 Å². The predicted molar refractivity (Wildman–Crippen MR) is 106 cm³/mol. The number of nitrogens with zero attached hydrogens (tertiary/aromatic N) is 2. The molecule has 0 bridgehead atoms. The fourth-order valence-electron chi connectivity index (χ4n) is 5.68. The molecule has 1 aromatic carbocycles. The molecular weight excluding hydrogens is 304 g/mol. The van der Waals surface area contributed by atoms with Gasteiger partial charge in [-0.2, -0.15) is 0 Å². The van der Waals surface area contributed by atoms with Gasteiger partial charge in [-0.15, -0.1) is 0 Å². The minimum atomic E-state index is 0.631. The zero-order chi connectivity index (χ0) is 17.2. The van der Waals surface area contributed by atoms with Gasteiger partial charge in [-0.05, 0) is 55.2 Å². The monoisotopic (exact) mass is 340 g/mol. The molecule has 0 aromatic heterocycles. The fourth-order valence-corrected chi connectivity index (χ4v) is 5.68.